The lowest BCUT2D eigenvalue weighted by molar-refractivity contribution is -0.136. The van der Waals surface area contributed by atoms with Crippen molar-refractivity contribution in [1.82, 2.24) is 16.1 Å². The van der Waals surface area contributed by atoms with Crippen LogP contribution in [0.4, 0.5) is 4.79 Å². The van der Waals surface area contributed by atoms with E-state index in [0.29, 0.717) is 56.6 Å². The average Bonchev–Trinajstić information content (AvgIpc) is 2.93. The second kappa shape index (κ2) is 15.3. The summed E-state index contributed by atoms with van der Waals surface area (Å²) in [7, 11) is 1.27. The third-order valence-electron chi connectivity index (χ3n) is 5.69. The number of urea groups is 1. The number of aliphatic hydroxyl groups is 1. The van der Waals surface area contributed by atoms with Crippen molar-refractivity contribution in [2.75, 3.05) is 26.9 Å². The number of carbonyl (C=O) groups is 3. The van der Waals surface area contributed by atoms with Gasteiger partial charge < -0.3 is 39.4 Å². The van der Waals surface area contributed by atoms with Crippen LogP contribution in [0, 0.1) is 3.57 Å². The Kier molecular flexibility index (Phi) is 11.8. The number of carbonyl (C=O) groups excluding carboxylic acids is 3. The summed E-state index contributed by atoms with van der Waals surface area (Å²) in [6.07, 6.45) is 0.300. The Balaban J connectivity index is 1.70. The molecule has 1 aliphatic rings. The third-order valence-corrected chi connectivity index (χ3v) is 6.49. The Morgan fingerprint density at radius 1 is 1.12 bits per heavy atom. The van der Waals surface area contributed by atoms with Gasteiger partial charge in [0.05, 0.1) is 41.7 Å². The van der Waals surface area contributed by atoms with Crippen LogP contribution >= 0.6 is 22.6 Å². The number of aliphatic hydroxyl groups excluding tert-OH is 1. The molecule has 0 aromatic heterocycles. The van der Waals surface area contributed by atoms with E-state index in [1.807, 2.05) is 29.5 Å². The molecule has 0 saturated heterocycles. The minimum Gasteiger partial charge on any atom is -0.490 e. The molecule has 13 nitrogen and oxygen atoms in total. The first-order valence-electron chi connectivity index (χ1n) is 12.9. The molecule has 14 heteroatoms. The smallest absolute Gasteiger partial charge is 0.337 e. The highest BCUT2D eigenvalue weighted by Crippen LogP contribution is 2.35. The number of benzene rings is 2. The average molecular weight is 696 g/mol. The van der Waals surface area contributed by atoms with Crippen LogP contribution in [0.3, 0.4) is 0 Å². The van der Waals surface area contributed by atoms with Gasteiger partial charge in [-0.05, 0) is 78.8 Å². The summed E-state index contributed by atoms with van der Waals surface area (Å²) in [6.45, 7) is 7.06. The monoisotopic (exact) mass is 696 g/mol. The molecule has 1 aliphatic heterocycles. The van der Waals surface area contributed by atoms with Gasteiger partial charge in [0, 0.05) is 12.6 Å². The van der Waals surface area contributed by atoms with Crippen LogP contribution in [-0.2, 0) is 14.3 Å². The van der Waals surface area contributed by atoms with E-state index in [-0.39, 0.29) is 12.2 Å². The van der Waals surface area contributed by atoms with E-state index in [4.69, 9.17) is 23.7 Å². The number of methoxy groups -OCH3 is 1. The maximum atomic E-state index is 12.4. The molecular weight excluding hydrogens is 663 g/mol. The molecule has 0 spiro atoms. The number of esters is 2. The molecule has 0 saturated carbocycles. The Morgan fingerprint density at radius 3 is 2.50 bits per heavy atom. The van der Waals surface area contributed by atoms with E-state index in [9.17, 15) is 19.5 Å². The van der Waals surface area contributed by atoms with Gasteiger partial charge >= 0.3 is 18.0 Å². The molecule has 0 bridgehead atoms. The number of rotatable bonds is 13. The predicted octanol–water partition coefficient (Wildman–Crippen LogP) is 3.14. The molecule has 0 fully saturated rings. The molecule has 0 aliphatic carbocycles. The first kappa shape index (κ1) is 32.5. The zero-order valence-electron chi connectivity index (χ0n) is 23.8. The lowest BCUT2D eigenvalue weighted by Gasteiger charge is -2.28. The van der Waals surface area contributed by atoms with Gasteiger partial charge in [-0.1, -0.05) is 6.07 Å². The van der Waals surface area contributed by atoms with Crippen LogP contribution < -0.4 is 35.0 Å². The van der Waals surface area contributed by atoms with Gasteiger partial charge in [-0.15, -0.1) is 0 Å². The number of nitrogens with one attached hydrogen (secondary N) is 3. The molecule has 0 unspecified atom stereocenters. The molecule has 226 valence electrons. The van der Waals surface area contributed by atoms with E-state index >= 15 is 0 Å². The summed E-state index contributed by atoms with van der Waals surface area (Å²) >= 11 is 2.03. The number of hydrogen-bond acceptors (Lipinski definition) is 11. The second-order valence-corrected chi connectivity index (χ2v) is 9.93. The quantitative estimate of drug-likeness (QED) is 0.0611. The molecule has 1 heterocycles. The number of hydrogen-bond donors (Lipinski definition) is 4. The number of amides is 2. The lowest BCUT2D eigenvalue weighted by Crippen LogP contribution is -2.45. The van der Waals surface area contributed by atoms with Crippen molar-refractivity contribution in [3.8, 4) is 23.0 Å². The van der Waals surface area contributed by atoms with Gasteiger partial charge in [-0.25, -0.2) is 9.59 Å². The highest BCUT2D eigenvalue weighted by molar-refractivity contribution is 14.1. The zero-order valence-corrected chi connectivity index (χ0v) is 25.9. The molecule has 0 radical (unpaired) electrons. The van der Waals surface area contributed by atoms with Gasteiger partial charge in [0.15, 0.2) is 29.2 Å². The van der Waals surface area contributed by atoms with E-state index in [2.05, 4.69) is 21.2 Å². The summed E-state index contributed by atoms with van der Waals surface area (Å²) < 4.78 is 27.9. The Labute approximate surface area is 256 Å². The second-order valence-electron chi connectivity index (χ2n) is 8.77. The standard InChI is InChI=1S/C28H33IN4O9/c1-6-39-21-12-18(25-24(27(36)38-5)15(3)31-28(37)32-25)8-9-20(21)41-14-23(35)33-30-13-17-10-19(29)26(42-16(4)34)22(11-17)40-7-2/h8-13,23,25,33,35H,6-7,14H2,1-5H3,(H2,31,32,37)/b30-13+/t23-,25-/m1/s1. The fourth-order valence-electron chi connectivity index (χ4n) is 3.99. The summed E-state index contributed by atoms with van der Waals surface area (Å²) in [5, 5.41) is 19.8. The van der Waals surface area contributed by atoms with E-state index in [1.54, 1.807) is 44.2 Å². The summed E-state index contributed by atoms with van der Waals surface area (Å²) in [4.78, 5) is 36.0. The maximum absolute atomic E-state index is 12.4. The van der Waals surface area contributed by atoms with Gasteiger partial charge in [0.1, 0.15) is 6.61 Å². The van der Waals surface area contributed by atoms with E-state index < -0.39 is 30.2 Å². The van der Waals surface area contributed by atoms with Gasteiger partial charge in [0.2, 0.25) is 0 Å². The number of ether oxygens (including phenoxy) is 5. The van der Waals surface area contributed by atoms with Crippen LogP contribution in [0.2, 0.25) is 0 Å². The summed E-state index contributed by atoms with van der Waals surface area (Å²) in [5.74, 6) is 0.370. The predicted molar refractivity (Wildman–Crippen MR) is 161 cm³/mol. The third kappa shape index (κ3) is 8.48. The number of nitrogens with zero attached hydrogens (tertiary/aromatic N) is 1. The van der Waals surface area contributed by atoms with E-state index in [1.165, 1.54) is 20.2 Å². The van der Waals surface area contributed by atoms with Crippen molar-refractivity contribution in [3.63, 3.8) is 0 Å². The van der Waals surface area contributed by atoms with Crippen LogP contribution in [0.5, 0.6) is 23.0 Å². The fourth-order valence-corrected chi connectivity index (χ4v) is 4.72. The molecule has 4 N–H and O–H groups in total. The van der Waals surface area contributed by atoms with Crippen molar-refractivity contribution >= 4 is 46.8 Å². The van der Waals surface area contributed by atoms with Gasteiger partial charge in [0.25, 0.3) is 0 Å². The minimum absolute atomic E-state index is 0.180. The molecule has 3 rings (SSSR count). The first-order valence-corrected chi connectivity index (χ1v) is 14.0. The molecule has 2 aromatic carbocycles. The van der Waals surface area contributed by atoms with Crippen LogP contribution in [0.15, 0.2) is 46.7 Å². The largest absolute Gasteiger partial charge is 0.490 e. The first-order chi connectivity index (χ1) is 20.1. The number of halogens is 1. The molecule has 42 heavy (non-hydrogen) atoms. The van der Waals surface area contributed by atoms with Gasteiger partial charge in [-0.2, -0.15) is 5.10 Å². The van der Waals surface area contributed by atoms with Crippen molar-refractivity contribution < 1.29 is 43.2 Å². The Morgan fingerprint density at radius 2 is 1.83 bits per heavy atom. The topological polar surface area (TPSA) is 166 Å². The molecular formula is C28H33IN4O9. The number of allylic oxidation sites excluding steroid dienone is 1. The van der Waals surface area contributed by atoms with Crippen LogP contribution in [0.1, 0.15) is 44.9 Å². The Bertz CT molecular complexity index is 1380. The van der Waals surface area contributed by atoms with Gasteiger partial charge in [-0.3, -0.25) is 10.2 Å². The van der Waals surface area contributed by atoms with Crippen LogP contribution in [0.25, 0.3) is 0 Å². The lowest BCUT2D eigenvalue weighted by atomic mass is 9.95. The summed E-state index contributed by atoms with van der Waals surface area (Å²) in [6, 6.07) is 7.15. The Hall–Kier alpha value is -4.05. The van der Waals surface area contributed by atoms with Crippen molar-refractivity contribution in [2.24, 2.45) is 5.10 Å². The highest BCUT2D eigenvalue weighted by Gasteiger charge is 2.32. The minimum atomic E-state index is -1.18. The maximum Gasteiger partial charge on any atom is 0.337 e. The summed E-state index contributed by atoms with van der Waals surface area (Å²) in [5.41, 5.74) is 4.45. The molecule has 2 amide bonds. The molecule has 2 aromatic rings. The van der Waals surface area contributed by atoms with Crippen molar-refractivity contribution in [2.45, 2.75) is 40.0 Å². The van der Waals surface area contributed by atoms with Crippen molar-refractivity contribution in [1.29, 1.82) is 0 Å². The normalized spacial score (nSPS) is 15.4. The zero-order chi connectivity index (χ0) is 30.8. The van der Waals surface area contributed by atoms with E-state index in [0.717, 1.165) is 0 Å². The fraction of sp³-hybridized carbons (Fsp3) is 0.357. The van der Waals surface area contributed by atoms with Crippen LogP contribution in [-0.4, -0.2) is 62.4 Å². The molecule has 2 atom stereocenters. The SMILES string of the molecule is CCOc1cc([C@H]2NC(=O)NC(C)=C2C(=O)OC)ccc1OC[C@@H](O)N/N=C/c1cc(I)c(OC(C)=O)c(OCC)c1. The van der Waals surface area contributed by atoms with Crippen molar-refractivity contribution in [3.05, 3.63) is 56.3 Å². The highest BCUT2D eigenvalue weighted by atomic mass is 127. The number of hydrazone groups is 1.